The molecule has 0 aliphatic carbocycles. The maximum atomic E-state index is 12.2. The van der Waals surface area contributed by atoms with Gasteiger partial charge in [0.2, 0.25) is 5.91 Å². The molecule has 2 rings (SSSR count). The predicted octanol–water partition coefficient (Wildman–Crippen LogP) is 2.01. The van der Waals surface area contributed by atoms with Crippen LogP contribution in [0.15, 0.2) is 35.7 Å². The van der Waals surface area contributed by atoms with Crippen molar-refractivity contribution in [3.63, 3.8) is 0 Å². The van der Waals surface area contributed by atoms with Gasteiger partial charge in [-0.1, -0.05) is 6.08 Å². The lowest BCUT2D eigenvalue weighted by molar-refractivity contribution is -0.116. The number of fused-ring (bicyclic) bond motifs is 1. The van der Waals surface area contributed by atoms with Gasteiger partial charge in [-0.2, -0.15) is 0 Å². The summed E-state index contributed by atoms with van der Waals surface area (Å²) in [5.41, 5.74) is 1.39. The largest absolute Gasteiger partial charge is 0.338 e. The molecule has 0 bridgehead atoms. The van der Waals surface area contributed by atoms with Crippen LogP contribution in [0.25, 0.3) is 0 Å². The molecule has 1 heterocycles. The Kier molecular flexibility index (Phi) is 3.95. The Bertz CT molecular complexity index is 542. The van der Waals surface area contributed by atoms with Gasteiger partial charge in [0.15, 0.2) is 0 Å². The van der Waals surface area contributed by atoms with Crippen molar-refractivity contribution in [2.75, 3.05) is 31.3 Å². The van der Waals surface area contributed by atoms with Crippen LogP contribution >= 0.6 is 11.8 Å². The van der Waals surface area contributed by atoms with E-state index in [4.69, 9.17) is 0 Å². The van der Waals surface area contributed by atoms with Crippen LogP contribution in [0, 0.1) is 0 Å². The van der Waals surface area contributed by atoms with Gasteiger partial charge in [0.05, 0.1) is 11.4 Å². The Balaban J connectivity index is 2.32. The number of benzene rings is 1. The summed E-state index contributed by atoms with van der Waals surface area (Å²) in [6, 6.07) is 5.48. The van der Waals surface area contributed by atoms with Gasteiger partial charge in [-0.05, 0) is 18.2 Å². The zero-order valence-corrected chi connectivity index (χ0v) is 11.9. The molecule has 1 aromatic rings. The van der Waals surface area contributed by atoms with Crippen LogP contribution in [-0.2, 0) is 4.79 Å². The van der Waals surface area contributed by atoms with Crippen LogP contribution in [0.3, 0.4) is 0 Å². The quantitative estimate of drug-likeness (QED) is 0.793. The average molecular weight is 276 g/mol. The lowest BCUT2D eigenvalue weighted by atomic mass is 10.1. The van der Waals surface area contributed by atoms with Crippen LogP contribution in [-0.4, -0.2) is 43.1 Å². The molecule has 0 radical (unpaired) electrons. The highest BCUT2D eigenvalue weighted by molar-refractivity contribution is 8.00. The monoisotopic (exact) mass is 276 g/mol. The molecule has 0 spiro atoms. The summed E-state index contributed by atoms with van der Waals surface area (Å²) >= 11 is 1.51. The van der Waals surface area contributed by atoms with Gasteiger partial charge in [0.25, 0.3) is 5.91 Å². The van der Waals surface area contributed by atoms with Gasteiger partial charge < -0.3 is 9.80 Å². The van der Waals surface area contributed by atoms with Crippen molar-refractivity contribution in [2.45, 2.75) is 4.90 Å². The molecule has 0 unspecified atom stereocenters. The molecule has 100 valence electrons. The van der Waals surface area contributed by atoms with Crippen molar-refractivity contribution in [3.05, 3.63) is 36.4 Å². The zero-order chi connectivity index (χ0) is 14.0. The molecule has 19 heavy (non-hydrogen) atoms. The topological polar surface area (TPSA) is 40.6 Å². The lowest BCUT2D eigenvalue weighted by Crippen LogP contribution is -2.32. The second kappa shape index (κ2) is 5.48. The number of anilines is 1. The highest BCUT2D eigenvalue weighted by atomic mass is 32.2. The number of hydrogen-bond acceptors (Lipinski definition) is 3. The SMILES string of the molecule is C=CCN(C)C(=O)c1ccc2c(c1)N(C)C(=O)CS2. The van der Waals surface area contributed by atoms with Gasteiger partial charge in [-0.15, -0.1) is 18.3 Å². The molecule has 0 saturated heterocycles. The first-order valence-electron chi connectivity index (χ1n) is 5.94. The van der Waals surface area contributed by atoms with Crippen molar-refractivity contribution in [1.82, 2.24) is 4.90 Å². The number of nitrogens with zero attached hydrogens (tertiary/aromatic N) is 2. The summed E-state index contributed by atoms with van der Waals surface area (Å²) in [6.45, 7) is 4.12. The molecule has 5 heteroatoms. The fourth-order valence-corrected chi connectivity index (χ4v) is 2.88. The molecule has 1 aliphatic heterocycles. The summed E-state index contributed by atoms with van der Waals surface area (Å²) in [5.74, 6) is 0.438. The second-order valence-electron chi connectivity index (χ2n) is 4.40. The van der Waals surface area contributed by atoms with Crippen LogP contribution in [0.5, 0.6) is 0 Å². The molecular formula is C14H16N2O2S. The smallest absolute Gasteiger partial charge is 0.253 e. The van der Waals surface area contributed by atoms with E-state index in [-0.39, 0.29) is 11.8 Å². The Morgan fingerprint density at radius 3 is 3.00 bits per heavy atom. The molecule has 0 N–H and O–H groups in total. The van der Waals surface area contributed by atoms with Crippen molar-refractivity contribution in [2.24, 2.45) is 0 Å². The van der Waals surface area contributed by atoms with Crippen LogP contribution in [0.1, 0.15) is 10.4 Å². The third-order valence-electron chi connectivity index (χ3n) is 3.04. The van der Waals surface area contributed by atoms with Gasteiger partial charge in [0.1, 0.15) is 0 Å². The number of carbonyl (C=O) groups excluding carboxylic acids is 2. The van der Waals surface area contributed by atoms with Crippen molar-refractivity contribution in [3.8, 4) is 0 Å². The third-order valence-corrected chi connectivity index (χ3v) is 4.09. The molecule has 1 aliphatic rings. The van der Waals surface area contributed by atoms with Crippen molar-refractivity contribution >= 4 is 29.3 Å². The number of amides is 2. The van der Waals surface area contributed by atoms with E-state index >= 15 is 0 Å². The molecular weight excluding hydrogens is 260 g/mol. The number of hydrogen-bond donors (Lipinski definition) is 0. The summed E-state index contributed by atoms with van der Waals surface area (Å²) in [5, 5.41) is 0. The summed E-state index contributed by atoms with van der Waals surface area (Å²) in [6.07, 6.45) is 1.68. The Morgan fingerprint density at radius 1 is 1.58 bits per heavy atom. The standard InChI is InChI=1S/C14H16N2O2S/c1-4-7-15(2)14(18)10-5-6-12-11(8-10)16(3)13(17)9-19-12/h4-6,8H,1,7,9H2,2-3H3. The molecule has 0 aromatic heterocycles. The maximum Gasteiger partial charge on any atom is 0.253 e. The number of carbonyl (C=O) groups is 2. The predicted molar refractivity (Wildman–Crippen MR) is 77.7 cm³/mol. The van der Waals surface area contributed by atoms with Gasteiger partial charge in [-0.25, -0.2) is 0 Å². The van der Waals surface area contributed by atoms with Crippen molar-refractivity contribution in [1.29, 1.82) is 0 Å². The van der Waals surface area contributed by atoms with Gasteiger partial charge >= 0.3 is 0 Å². The Morgan fingerprint density at radius 2 is 2.32 bits per heavy atom. The summed E-state index contributed by atoms with van der Waals surface area (Å²) < 4.78 is 0. The van der Waals surface area contributed by atoms with E-state index in [1.807, 2.05) is 6.07 Å². The molecule has 0 fully saturated rings. The van der Waals surface area contributed by atoms with E-state index < -0.39 is 0 Å². The first-order valence-corrected chi connectivity index (χ1v) is 6.93. The highest BCUT2D eigenvalue weighted by Gasteiger charge is 2.23. The van der Waals surface area contributed by atoms with E-state index in [0.29, 0.717) is 17.9 Å². The minimum Gasteiger partial charge on any atom is -0.338 e. The summed E-state index contributed by atoms with van der Waals surface area (Å²) in [4.78, 5) is 28.1. The van der Waals surface area contributed by atoms with Crippen LogP contribution in [0.4, 0.5) is 5.69 Å². The van der Waals surface area contributed by atoms with Crippen LogP contribution in [0.2, 0.25) is 0 Å². The number of thioether (sulfide) groups is 1. The fourth-order valence-electron chi connectivity index (χ4n) is 1.90. The first-order chi connectivity index (χ1) is 9.04. The molecule has 4 nitrogen and oxygen atoms in total. The molecule has 2 amide bonds. The van der Waals surface area contributed by atoms with Gasteiger partial charge in [0, 0.05) is 31.1 Å². The second-order valence-corrected chi connectivity index (χ2v) is 5.42. The van der Waals surface area contributed by atoms with Crippen LogP contribution < -0.4 is 4.90 Å². The molecule has 0 atom stereocenters. The third kappa shape index (κ3) is 2.66. The average Bonchev–Trinajstić information content (AvgIpc) is 2.42. The zero-order valence-electron chi connectivity index (χ0n) is 11.0. The maximum absolute atomic E-state index is 12.2. The fraction of sp³-hybridized carbons (Fsp3) is 0.286. The minimum absolute atomic E-state index is 0.0570. The highest BCUT2D eigenvalue weighted by Crippen LogP contribution is 2.35. The molecule has 1 aromatic carbocycles. The lowest BCUT2D eigenvalue weighted by Gasteiger charge is -2.26. The number of likely N-dealkylation sites (N-methyl/N-ethyl adjacent to an activating group) is 1. The minimum atomic E-state index is -0.0703. The van der Waals surface area contributed by atoms with E-state index in [9.17, 15) is 9.59 Å². The van der Waals surface area contributed by atoms with E-state index in [2.05, 4.69) is 6.58 Å². The Hall–Kier alpha value is -1.75. The van der Waals surface area contributed by atoms with E-state index in [0.717, 1.165) is 10.6 Å². The van der Waals surface area contributed by atoms with E-state index in [1.165, 1.54) is 11.8 Å². The molecule has 0 saturated carbocycles. The first kappa shape index (κ1) is 13.7. The normalized spacial score (nSPS) is 14.0. The van der Waals surface area contributed by atoms with Gasteiger partial charge in [-0.3, -0.25) is 9.59 Å². The number of rotatable bonds is 3. The van der Waals surface area contributed by atoms with E-state index in [1.54, 1.807) is 42.1 Å². The van der Waals surface area contributed by atoms with Crippen molar-refractivity contribution < 1.29 is 9.59 Å². The Labute approximate surface area is 117 Å². The summed E-state index contributed by atoms with van der Waals surface area (Å²) in [7, 11) is 3.47.